The first kappa shape index (κ1) is 17.4. The molecule has 1 aliphatic carbocycles. The lowest BCUT2D eigenvalue weighted by Gasteiger charge is -2.11. The first-order valence-electron chi connectivity index (χ1n) is 8.36. The highest BCUT2D eigenvalue weighted by Gasteiger charge is 2.35. The molecule has 0 N–H and O–H groups in total. The zero-order valence-corrected chi connectivity index (χ0v) is 15.6. The molecule has 1 unspecified atom stereocenters. The molecule has 1 atom stereocenters. The van der Waals surface area contributed by atoms with Crippen LogP contribution >= 0.6 is 23.2 Å². The average Bonchev–Trinajstić information content (AvgIpc) is 3.14. The Morgan fingerprint density at radius 1 is 1.31 bits per heavy atom. The van der Waals surface area contributed by atoms with Crippen LogP contribution in [0.3, 0.4) is 0 Å². The second-order valence-electron chi connectivity index (χ2n) is 6.12. The van der Waals surface area contributed by atoms with Gasteiger partial charge in [0.1, 0.15) is 0 Å². The summed E-state index contributed by atoms with van der Waals surface area (Å²) in [4.78, 5) is 21.3. The van der Waals surface area contributed by atoms with Crippen LogP contribution in [0.5, 0.6) is 0 Å². The number of Topliss-reactive ketones (excluding diaryl/α,β-unsaturated/α-hetero) is 1. The molecule has 0 amide bonds. The maximum atomic E-state index is 12.7. The van der Waals surface area contributed by atoms with Crippen LogP contribution in [0.2, 0.25) is 10.3 Å². The average molecular weight is 391 g/mol. The van der Waals surface area contributed by atoms with Gasteiger partial charge in [0, 0.05) is 24.2 Å². The Labute approximate surface area is 160 Å². The van der Waals surface area contributed by atoms with Crippen molar-refractivity contribution in [1.82, 2.24) is 19.7 Å². The van der Waals surface area contributed by atoms with Crippen LogP contribution in [0.15, 0.2) is 24.4 Å². The fourth-order valence-electron chi connectivity index (χ4n) is 3.34. The Bertz CT molecular complexity index is 1000. The monoisotopic (exact) mass is 390 g/mol. The van der Waals surface area contributed by atoms with Crippen molar-refractivity contribution >= 4 is 40.0 Å². The van der Waals surface area contributed by atoms with Gasteiger partial charge in [0.15, 0.2) is 11.4 Å². The third-order valence-electron chi connectivity index (χ3n) is 4.48. The number of aromatic nitrogens is 4. The van der Waals surface area contributed by atoms with Crippen molar-refractivity contribution in [2.75, 3.05) is 13.2 Å². The van der Waals surface area contributed by atoms with Gasteiger partial charge >= 0.3 is 0 Å². The number of ether oxygens (including phenoxy) is 1. The normalized spacial score (nSPS) is 16.4. The fraction of sp³-hybridized carbons (Fsp3) is 0.333. The van der Waals surface area contributed by atoms with E-state index in [2.05, 4.69) is 15.1 Å². The summed E-state index contributed by atoms with van der Waals surface area (Å²) in [5.74, 6) is -0.434. The summed E-state index contributed by atoms with van der Waals surface area (Å²) in [7, 11) is 0. The Kier molecular flexibility index (Phi) is 4.65. The highest BCUT2D eigenvalue weighted by atomic mass is 35.5. The molecule has 0 spiro atoms. The summed E-state index contributed by atoms with van der Waals surface area (Å²) in [6.07, 6.45) is 2.20. The van der Waals surface area contributed by atoms with E-state index < -0.39 is 5.92 Å². The number of hydrogen-bond acceptors (Lipinski definition) is 5. The van der Waals surface area contributed by atoms with Crippen LogP contribution in [0.4, 0.5) is 0 Å². The van der Waals surface area contributed by atoms with E-state index in [-0.39, 0.29) is 11.1 Å². The number of carbonyl (C=O) groups is 1. The lowest BCUT2D eigenvalue weighted by molar-refractivity contribution is -0.118. The Hall–Kier alpha value is -2.02. The zero-order valence-electron chi connectivity index (χ0n) is 14.1. The highest BCUT2D eigenvalue weighted by Crippen LogP contribution is 2.38. The van der Waals surface area contributed by atoms with E-state index in [0.717, 1.165) is 16.5 Å². The molecule has 0 aliphatic heterocycles. The van der Waals surface area contributed by atoms with Gasteiger partial charge in [0.25, 0.3) is 0 Å². The van der Waals surface area contributed by atoms with E-state index in [1.165, 1.54) is 0 Å². The molecule has 2 heterocycles. The summed E-state index contributed by atoms with van der Waals surface area (Å²) in [6.45, 7) is 3.72. The molecule has 8 heteroatoms. The Morgan fingerprint density at radius 2 is 2.15 bits per heavy atom. The third-order valence-corrected chi connectivity index (χ3v) is 4.88. The van der Waals surface area contributed by atoms with Crippen LogP contribution in [0, 0.1) is 0 Å². The summed E-state index contributed by atoms with van der Waals surface area (Å²) >= 11 is 12.3. The smallest absolute Gasteiger partial charge is 0.224 e. The van der Waals surface area contributed by atoms with E-state index in [1.54, 1.807) is 10.7 Å². The van der Waals surface area contributed by atoms with Crippen molar-refractivity contribution in [1.29, 1.82) is 0 Å². The highest BCUT2D eigenvalue weighted by molar-refractivity contribution is 6.30. The quantitative estimate of drug-likeness (QED) is 0.492. The molecule has 0 saturated carbocycles. The van der Waals surface area contributed by atoms with Crippen molar-refractivity contribution in [3.63, 3.8) is 0 Å². The predicted molar refractivity (Wildman–Crippen MR) is 98.8 cm³/mol. The molecule has 1 aliphatic rings. The number of nitrogens with zero attached hydrogens (tertiary/aromatic N) is 4. The second kappa shape index (κ2) is 6.95. The maximum absolute atomic E-state index is 12.7. The van der Waals surface area contributed by atoms with Gasteiger partial charge in [-0.25, -0.2) is 4.98 Å². The molecule has 0 saturated heterocycles. The maximum Gasteiger partial charge on any atom is 0.224 e. The molecule has 2 aromatic heterocycles. The van der Waals surface area contributed by atoms with E-state index in [0.29, 0.717) is 42.5 Å². The fourth-order valence-corrected chi connectivity index (χ4v) is 3.69. The van der Waals surface area contributed by atoms with Crippen molar-refractivity contribution in [3.8, 4) is 0 Å². The number of fused-ring (bicyclic) bond motifs is 2. The summed E-state index contributed by atoms with van der Waals surface area (Å²) < 4.78 is 7.12. The van der Waals surface area contributed by atoms with E-state index in [4.69, 9.17) is 27.9 Å². The molecule has 6 nitrogen and oxygen atoms in total. The number of rotatable bonds is 5. The lowest BCUT2D eigenvalue weighted by atomic mass is 9.95. The number of ketones is 1. The van der Waals surface area contributed by atoms with Crippen molar-refractivity contribution < 1.29 is 9.53 Å². The standard InChI is InChI=1S/C18H16Cl2N4O2/c1-2-26-6-5-24-9-13-16(21-18(20)22-17(13)23-24)15-12-8-11(19)4-3-10(12)7-14(15)25/h3-4,8-9,15H,2,5-7H2,1H3. The van der Waals surface area contributed by atoms with Gasteiger partial charge in [-0.3, -0.25) is 9.48 Å². The van der Waals surface area contributed by atoms with Gasteiger partial charge < -0.3 is 4.74 Å². The van der Waals surface area contributed by atoms with Crippen molar-refractivity contribution in [2.24, 2.45) is 0 Å². The first-order chi connectivity index (χ1) is 12.6. The predicted octanol–water partition coefficient (Wildman–Crippen LogP) is 3.43. The molecule has 134 valence electrons. The molecule has 0 bridgehead atoms. The number of benzene rings is 1. The molecular formula is C18H16Cl2N4O2. The summed E-state index contributed by atoms with van der Waals surface area (Å²) in [5.41, 5.74) is 2.89. The second-order valence-corrected chi connectivity index (χ2v) is 6.90. The lowest BCUT2D eigenvalue weighted by Crippen LogP contribution is -2.11. The minimum absolute atomic E-state index is 0.0698. The van der Waals surface area contributed by atoms with Crippen molar-refractivity contribution in [3.05, 3.63) is 51.5 Å². The molecule has 4 rings (SSSR count). The van der Waals surface area contributed by atoms with Crippen LogP contribution in [0.1, 0.15) is 29.7 Å². The van der Waals surface area contributed by atoms with Gasteiger partial charge in [-0.15, -0.1) is 0 Å². The summed E-state index contributed by atoms with van der Waals surface area (Å²) in [6, 6.07) is 5.51. The topological polar surface area (TPSA) is 69.9 Å². The zero-order chi connectivity index (χ0) is 18.3. The Balaban J connectivity index is 1.81. The molecule has 26 heavy (non-hydrogen) atoms. The first-order valence-corrected chi connectivity index (χ1v) is 9.11. The largest absolute Gasteiger partial charge is 0.380 e. The van der Waals surface area contributed by atoms with Crippen LogP contribution in [-0.4, -0.2) is 38.7 Å². The summed E-state index contributed by atoms with van der Waals surface area (Å²) in [5, 5.41) is 5.82. The van der Waals surface area contributed by atoms with Gasteiger partial charge in [0.2, 0.25) is 5.28 Å². The SMILES string of the molecule is CCOCCn1cc2c(C3C(=O)Cc4ccc(Cl)cc43)nc(Cl)nc2n1. The molecule has 0 radical (unpaired) electrons. The van der Waals surface area contributed by atoms with Crippen LogP contribution in [0.25, 0.3) is 11.0 Å². The van der Waals surface area contributed by atoms with Crippen molar-refractivity contribution in [2.45, 2.75) is 25.8 Å². The third kappa shape index (κ3) is 3.09. The van der Waals surface area contributed by atoms with Gasteiger partial charge in [-0.05, 0) is 41.8 Å². The number of halogens is 2. The van der Waals surface area contributed by atoms with E-state index in [9.17, 15) is 4.79 Å². The number of hydrogen-bond donors (Lipinski definition) is 0. The molecule has 1 aromatic carbocycles. The molecule has 3 aromatic rings. The Morgan fingerprint density at radius 3 is 2.96 bits per heavy atom. The minimum Gasteiger partial charge on any atom is -0.380 e. The van der Waals surface area contributed by atoms with Crippen LogP contribution < -0.4 is 0 Å². The van der Waals surface area contributed by atoms with E-state index in [1.807, 2.05) is 25.3 Å². The van der Waals surface area contributed by atoms with Gasteiger partial charge in [-0.1, -0.05) is 17.7 Å². The van der Waals surface area contributed by atoms with E-state index >= 15 is 0 Å². The minimum atomic E-state index is -0.503. The van der Waals surface area contributed by atoms with Gasteiger partial charge in [0.05, 0.1) is 30.1 Å². The van der Waals surface area contributed by atoms with Crippen LogP contribution in [-0.2, 0) is 22.5 Å². The molecular weight excluding hydrogens is 375 g/mol. The van der Waals surface area contributed by atoms with Gasteiger partial charge in [-0.2, -0.15) is 10.1 Å². The number of carbonyl (C=O) groups excluding carboxylic acids is 1. The molecule has 0 fully saturated rings.